The molecule has 0 radical (unpaired) electrons. The van der Waals surface area contributed by atoms with Gasteiger partial charge >= 0.3 is 0 Å². The fourth-order valence-electron chi connectivity index (χ4n) is 2.63. The Labute approximate surface area is 184 Å². The first-order valence-electron chi connectivity index (χ1n) is 9.14. The van der Waals surface area contributed by atoms with Crippen molar-refractivity contribution >= 4 is 52.4 Å². The van der Waals surface area contributed by atoms with Gasteiger partial charge in [-0.3, -0.25) is 4.79 Å². The van der Waals surface area contributed by atoms with Gasteiger partial charge in [-0.05, 0) is 36.8 Å². The summed E-state index contributed by atoms with van der Waals surface area (Å²) in [5.41, 5.74) is 7.81. The van der Waals surface area contributed by atoms with Crippen LogP contribution in [0.5, 0.6) is 0 Å². The van der Waals surface area contributed by atoms with Crippen molar-refractivity contribution in [2.75, 3.05) is 34.8 Å². The molecule has 0 bridgehead atoms. The normalized spacial score (nSPS) is 10.5. The van der Waals surface area contributed by atoms with Crippen LogP contribution in [0, 0.1) is 6.92 Å². The van der Waals surface area contributed by atoms with Gasteiger partial charge in [-0.1, -0.05) is 29.3 Å². The van der Waals surface area contributed by atoms with Crippen molar-refractivity contribution in [1.82, 2.24) is 15.0 Å². The molecule has 0 atom stereocenters. The number of nitrogens with two attached hydrogens (primary N) is 1. The molecule has 0 aliphatic carbocycles. The highest BCUT2D eigenvalue weighted by Gasteiger charge is 2.15. The third kappa shape index (κ3) is 5.49. The Balaban J connectivity index is 1.73. The van der Waals surface area contributed by atoms with Crippen LogP contribution in [0.3, 0.4) is 0 Å². The molecule has 3 rings (SSSR count). The summed E-state index contributed by atoms with van der Waals surface area (Å²) in [6, 6.07) is 8.83. The predicted molar refractivity (Wildman–Crippen MR) is 122 cm³/mol. The summed E-state index contributed by atoms with van der Waals surface area (Å²) in [6.07, 6.45) is 1.54. The fraction of sp³-hybridized carbons (Fsp3) is 0.200. The Morgan fingerprint density at radius 3 is 2.47 bits per heavy atom. The largest absolute Gasteiger partial charge is 0.383 e. The van der Waals surface area contributed by atoms with Gasteiger partial charge in [-0.2, -0.15) is 0 Å². The molecule has 0 saturated heterocycles. The Kier molecular flexibility index (Phi) is 6.91. The van der Waals surface area contributed by atoms with Gasteiger partial charge < -0.3 is 21.7 Å². The Morgan fingerprint density at radius 1 is 1.07 bits per heavy atom. The second-order valence-electron chi connectivity index (χ2n) is 6.51. The summed E-state index contributed by atoms with van der Waals surface area (Å²) in [5, 5.41) is 9.96. The van der Waals surface area contributed by atoms with Crippen LogP contribution in [0.4, 0.5) is 23.3 Å². The number of hydrogen-bond acceptors (Lipinski definition) is 7. The lowest BCUT2D eigenvalue weighted by Crippen LogP contribution is -2.16. The van der Waals surface area contributed by atoms with Crippen molar-refractivity contribution in [3.8, 4) is 11.3 Å². The van der Waals surface area contributed by atoms with E-state index in [9.17, 15) is 4.79 Å². The first-order chi connectivity index (χ1) is 14.3. The number of carbonyl (C=O) groups excluding carboxylic acids is 1. The van der Waals surface area contributed by atoms with E-state index in [0.29, 0.717) is 57.7 Å². The van der Waals surface area contributed by atoms with E-state index in [0.717, 1.165) is 5.56 Å². The smallest absolute Gasteiger partial charge is 0.222 e. The van der Waals surface area contributed by atoms with Gasteiger partial charge in [0.05, 0.1) is 11.2 Å². The van der Waals surface area contributed by atoms with Crippen LogP contribution in [0.25, 0.3) is 11.3 Å². The zero-order valence-corrected chi connectivity index (χ0v) is 18.0. The molecule has 10 heteroatoms. The minimum Gasteiger partial charge on any atom is -0.383 e. The van der Waals surface area contributed by atoms with Crippen molar-refractivity contribution < 1.29 is 4.79 Å². The molecule has 8 nitrogen and oxygen atoms in total. The standard InChI is InChI=1S/C20H21Cl2N7O/c1-11-3-6-16(29-19(11)23)24-7-8-25-17-10-26-20(27-12(2)30)18(28-17)14-5-4-13(21)9-15(14)22/h3-6,9-10H,7-8H2,1-2H3,(H,25,28)(H3,23,24,29)(H,26,27,30). The average molecular weight is 446 g/mol. The molecule has 0 saturated carbocycles. The Hall–Kier alpha value is -3.10. The number of benzene rings is 1. The lowest BCUT2D eigenvalue weighted by molar-refractivity contribution is -0.114. The van der Waals surface area contributed by atoms with Crippen molar-refractivity contribution in [3.05, 3.63) is 52.1 Å². The van der Waals surface area contributed by atoms with Gasteiger partial charge in [0.25, 0.3) is 0 Å². The Morgan fingerprint density at radius 2 is 1.80 bits per heavy atom. The van der Waals surface area contributed by atoms with E-state index in [2.05, 4.69) is 30.9 Å². The molecular formula is C20H21Cl2N7O. The summed E-state index contributed by atoms with van der Waals surface area (Å²) >= 11 is 12.3. The molecule has 0 aliphatic rings. The van der Waals surface area contributed by atoms with E-state index in [1.807, 2.05) is 19.1 Å². The number of halogens is 2. The maximum absolute atomic E-state index is 11.5. The molecule has 0 aliphatic heterocycles. The number of anilines is 4. The van der Waals surface area contributed by atoms with E-state index in [-0.39, 0.29) is 5.91 Å². The number of nitrogens with one attached hydrogen (secondary N) is 3. The third-order valence-corrected chi connectivity index (χ3v) is 4.67. The molecule has 0 unspecified atom stereocenters. The number of nitrogen functional groups attached to an aromatic ring is 1. The van der Waals surface area contributed by atoms with Gasteiger partial charge in [-0.25, -0.2) is 15.0 Å². The zero-order valence-electron chi connectivity index (χ0n) is 16.5. The maximum Gasteiger partial charge on any atom is 0.222 e. The number of aromatic nitrogens is 3. The summed E-state index contributed by atoms with van der Waals surface area (Å²) in [7, 11) is 0. The molecule has 0 spiro atoms. The van der Waals surface area contributed by atoms with Crippen LogP contribution in [0.15, 0.2) is 36.5 Å². The third-order valence-electron chi connectivity index (χ3n) is 4.13. The quantitative estimate of drug-likeness (QED) is 0.402. The fourth-order valence-corrected chi connectivity index (χ4v) is 3.12. The molecule has 3 aromatic rings. The zero-order chi connectivity index (χ0) is 21.7. The number of hydrogen-bond donors (Lipinski definition) is 4. The highest BCUT2D eigenvalue weighted by atomic mass is 35.5. The Bertz CT molecular complexity index is 1080. The van der Waals surface area contributed by atoms with E-state index in [1.165, 1.54) is 6.92 Å². The van der Waals surface area contributed by atoms with Gasteiger partial charge in [0.2, 0.25) is 5.91 Å². The minimum atomic E-state index is -0.259. The first kappa shape index (κ1) is 21.6. The second kappa shape index (κ2) is 9.60. The lowest BCUT2D eigenvalue weighted by atomic mass is 10.1. The topological polar surface area (TPSA) is 118 Å². The molecule has 2 aromatic heterocycles. The van der Waals surface area contributed by atoms with Gasteiger partial charge in [0.1, 0.15) is 23.1 Å². The van der Waals surface area contributed by atoms with Crippen molar-refractivity contribution in [3.63, 3.8) is 0 Å². The average Bonchev–Trinajstić information content (AvgIpc) is 2.69. The number of amides is 1. The number of rotatable bonds is 7. The molecular weight excluding hydrogens is 425 g/mol. The van der Waals surface area contributed by atoms with E-state index in [1.54, 1.807) is 24.4 Å². The molecule has 5 N–H and O–H groups in total. The molecule has 1 amide bonds. The van der Waals surface area contributed by atoms with Crippen molar-refractivity contribution in [2.24, 2.45) is 0 Å². The molecule has 30 heavy (non-hydrogen) atoms. The van der Waals surface area contributed by atoms with Crippen molar-refractivity contribution in [2.45, 2.75) is 13.8 Å². The highest BCUT2D eigenvalue weighted by molar-refractivity contribution is 6.36. The van der Waals surface area contributed by atoms with Crippen LogP contribution in [0.1, 0.15) is 12.5 Å². The minimum absolute atomic E-state index is 0.259. The summed E-state index contributed by atoms with van der Waals surface area (Å²) in [4.78, 5) is 24.7. The highest BCUT2D eigenvalue weighted by Crippen LogP contribution is 2.33. The number of carbonyl (C=O) groups is 1. The van der Waals surface area contributed by atoms with E-state index < -0.39 is 0 Å². The first-order valence-corrected chi connectivity index (χ1v) is 9.90. The number of pyridine rings is 1. The summed E-state index contributed by atoms with van der Waals surface area (Å²) in [5.74, 6) is 1.78. The number of nitrogens with zero attached hydrogens (tertiary/aromatic N) is 3. The van der Waals surface area contributed by atoms with Crippen molar-refractivity contribution in [1.29, 1.82) is 0 Å². The van der Waals surface area contributed by atoms with Gasteiger partial charge in [0.15, 0.2) is 5.82 Å². The van der Waals surface area contributed by atoms with Crippen LogP contribution < -0.4 is 21.7 Å². The van der Waals surface area contributed by atoms with Crippen LogP contribution >= 0.6 is 23.2 Å². The number of aryl methyl sites for hydroxylation is 1. The molecule has 0 fully saturated rings. The lowest BCUT2D eigenvalue weighted by Gasteiger charge is -2.13. The van der Waals surface area contributed by atoms with Crippen LogP contribution in [-0.2, 0) is 4.79 Å². The predicted octanol–water partition coefficient (Wildman–Crippen LogP) is 4.22. The van der Waals surface area contributed by atoms with Gasteiger partial charge in [-0.15, -0.1) is 0 Å². The van der Waals surface area contributed by atoms with Crippen LogP contribution in [-0.4, -0.2) is 33.9 Å². The summed E-state index contributed by atoms with van der Waals surface area (Å²) < 4.78 is 0. The maximum atomic E-state index is 11.5. The van der Waals surface area contributed by atoms with Crippen LogP contribution in [0.2, 0.25) is 10.0 Å². The second-order valence-corrected chi connectivity index (χ2v) is 7.35. The summed E-state index contributed by atoms with van der Waals surface area (Å²) in [6.45, 7) is 4.44. The van der Waals surface area contributed by atoms with E-state index in [4.69, 9.17) is 28.9 Å². The molecule has 1 aromatic carbocycles. The van der Waals surface area contributed by atoms with Gasteiger partial charge in [0, 0.05) is 30.6 Å². The van der Waals surface area contributed by atoms with E-state index >= 15 is 0 Å². The molecule has 2 heterocycles. The monoisotopic (exact) mass is 445 g/mol. The SMILES string of the molecule is CC(=O)Nc1ncc(NCCNc2ccc(C)c(N)n2)nc1-c1ccc(Cl)cc1Cl. The molecule has 156 valence electrons.